The number of rotatable bonds is 3. The van der Waals surface area contributed by atoms with E-state index in [2.05, 4.69) is 6.07 Å². The van der Waals surface area contributed by atoms with Crippen LogP contribution in [0, 0.1) is 0 Å². The maximum atomic E-state index is 13.1. The van der Waals surface area contributed by atoms with Crippen molar-refractivity contribution in [1.82, 2.24) is 4.90 Å². The number of hydrogen-bond acceptors (Lipinski definition) is 3. The molecule has 6 heteroatoms. The van der Waals surface area contributed by atoms with Crippen molar-refractivity contribution < 1.29 is 9.53 Å². The molecule has 2 aromatic rings. The summed E-state index contributed by atoms with van der Waals surface area (Å²) < 4.78 is 5.87. The second-order valence-electron chi connectivity index (χ2n) is 6.37. The van der Waals surface area contributed by atoms with Gasteiger partial charge in [-0.3, -0.25) is 4.79 Å². The minimum Gasteiger partial charge on any atom is -0.370 e. The number of nitrogens with zero attached hydrogens (tertiary/aromatic N) is 1. The maximum absolute atomic E-state index is 13.1. The van der Waals surface area contributed by atoms with Crippen LogP contribution in [-0.4, -0.2) is 30.5 Å². The Morgan fingerprint density at radius 3 is 2.62 bits per heavy atom. The van der Waals surface area contributed by atoms with Crippen molar-refractivity contribution >= 4 is 40.4 Å². The lowest BCUT2D eigenvalue weighted by Crippen LogP contribution is -2.46. The zero-order valence-electron chi connectivity index (χ0n) is 13.0. The fraction of sp³-hybridized carbons (Fsp3) is 0.389. The van der Waals surface area contributed by atoms with Crippen LogP contribution in [0.3, 0.4) is 0 Å². The van der Waals surface area contributed by atoms with Crippen molar-refractivity contribution in [1.29, 1.82) is 0 Å². The molecule has 1 aliphatic carbocycles. The molecule has 2 fully saturated rings. The first-order valence-electron chi connectivity index (χ1n) is 7.99. The fourth-order valence-corrected chi connectivity index (χ4v) is 4.86. The topological polar surface area (TPSA) is 29.5 Å². The summed E-state index contributed by atoms with van der Waals surface area (Å²) in [6, 6.07) is 9.51. The third-order valence-electron chi connectivity index (χ3n) is 4.76. The molecule has 2 heterocycles. The van der Waals surface area contributed by atoms with E-state index in [0.717, 1.165) is 18.4 Å². The molecule has 1 saturated heterocycles. The summed E-state index contributed by atoms with van der Waals surface area (Å²) in [5.41, 5.74) is 0.633. The fourth-order valence-electron chi connectivity index (χ4n) is 3.34. The zero-order valence-corrected chi connectivity index (χ0v) is 15.3. The van der Waals surface area contributed by atoms with Gasteiger partial charge in [-0.05, 0) is 48.1 Å². The van der Waals surface area contributed by atoms with E-state index >= 15 is 0 Å². The molecule has 2 aliphatic rings. The van der Waals surface area contributed by atoms with Gasteiger partial charge >= 0.3 is 0 Å². The molecule has 0 bridgehead atoms. The molecule has 1 saturated carbocycles. The predicted octanol–water partition coefficient (Wildman–Crippen LogP) is 4.69. The number of hydrogen-bond donors (Lipinski definition) is 0. The van der Waals surface area contributed by atoms with Gasteiger partial charge in [-0.25, -0.2) is 0 Å². The molecule has 24 heavy (non-hydrogen) atoms. The summed E-state index contributed by atoms with van der Waals surface area (Å²) in [5, 5.41) is 3.21. The van der Waals surface area contributed by atoms with Crippen LogP contribution >= 0.6 is 34.5 Å². The largest absolute Gasteiger partial charge is 0.370 e. The molecule has 0 N–H and O–H groups in total. The van der Waals surface area contributed by atoms with Gasteiger partial charge in [0.25, 0.3) is 0 Å². The summed E-state index contributed by atoms with van der Waals surface area (Å²) in [5.74, 6) is 0.228. The molecule has 0 radical (unpaired) electrons. The number of ether oxygens (including phenoxy) is 1. The summed E-state index contributed by atoms with van der Waals surface area (Å²) >= 11 is 13.9. The van der Waals surface area contributed by atoms with Gasteiger partial charge in [-0.2, -0.15) is 0 Å². The van der Waals surface area contributed by atoms with Crippen LogP contribution in [0.1, 0.15) is 29.4 Å². The molecule has 126 valence electrons. The third-order valence-corrected chi connectivity index (χ3v) is 6.27. The first kappa shape index (κ1) is 16.4. The first-order chi connectivity index (χ1) is 11.6. The normalized spacial score (nSPS) is 22.4. The van der Waals surface area contributed by atoms with Gasteiger partial charge in [0.05, 0.1) is 18.6 Å². The van der Waals surface area contributed by atoms with Crippen LogP contribution in [0.25, 0.3) is 0 Å². The molecule has 1 unspecified atom stereocenters. The van der Waals surface area contributed by atoms with Crippen LogP contribution < -0.4 is 0 Å². The van der Waals surface area contributed by atoms with E-state index in [-0.39, 0.29) is 17.4 Å². The molecule has 1 aromatic carbocycles. The van der Waals surface area contributed by atoms with Gasteiger partial charge in [0, 0.05) is 21.5 Å². The van der Waals surface area contributed by atoms with E-state index < -0.39 is 0 Å². The van der Waals surface area contributed by atoms with E-state index in [1.54, 1.807) is 17.4 Å². The van der Waals surface area contributed by atoms with E-state index in [0.29, 0.717) is 29.7 Å². The van der Waals surface area contributed by atoms with Crippen molar-refractivity contribution in [3.63, 3.8) is 0 Å². The van der Waals surface area contributed by atoms with E-state index in [4.69, 9.17) is 27.9 Å². The van der Waals surface area contributed by atoms with Crippen LogP contribution in [0.4, 0.5) is 0 Å². The zero-order chi connectivity index (χ0) is 16.7. The van der Waals surface area contributed by atoms with Gasteiger partial charge < -0.3 is 9.64 Å². The van der Waals surface area contributed by atoms with E-state index in [1.807, 2.05) is 28.5 Å². The quantitative estimate of drug-likeness (QED) is 0.771. The monoisotopic (exact) mass is 381 g/mol. The Morgan fingerprint density at radius 2 is 2.00 bits per heavy atom. The molecule has 1 aromatic heterocycles. The SMILES string of the molecule is O=C(N1CCOC(c2cc(Cl)cc(Cl)c2)C1)C1(c2cccs2)CC1. The minimum atomic E-state index is -0.290. The summed E-state index contributed by atoms with van der Waals surface area (Å²) in [7, 11) is 0. The maximum Gasteiger partial charge on any atom is 0.234 e. The number of amides is 1. The van der Waals surface area contributed by atoms with Crippen molar-refractivity contribution in [2.45, 2.75) is 24.4 Å². The van der Waals surface area contributed by atoms with E-state index in [1.165, 1.54) is 4.88 Å². The van der Waals surface area contributed by atoms with Gasteiger partial charge in [0.15, 0.2) is 0 Å². The predicted molar refractivity (Wildman–Crippen MR) is 97.0 cm³/mol. The highest BCUT2D eigenvalue weighted by molar-refractivity contribution is 7.10. The Labute approximate surface area is 155 Å². The van der Waals surface area contributed by atoms with Crippen LogP contribution in [0.15, 0.2) is 35.7 Å². The molecule has 1 aliphatic heterocycles. The van der Waals surface area contributed by atoms with Crippen LogP contribution in [0.2, 0.25) is 10.0 Å². The Kier molecular flexibility index (Phi) is 4.33. The smallest absolute Gasteiger partial charge is 0.234 e. The number of carbonyl (C=O) groups excluding carboxylic acids is 1. The average molecular weight is 382 g/mol. The molecular weight excluding hydrogens is 365 g/mol. The summed E-state index contributed by atoms with van der Waals surface area (Å²) in [6.45, 7) is 1.71. The molecule has 3 nitrogen and oxygen atoms in total. The minimum absolute atomic E-state index is 0.182. The molecular formula is C18H17Cl2NO2S. The highest BCUT2D eigenvalue weighted by atomic mass is 35.5. The highest BCUT2D eigenvalue weighted by Crippen LogP contribution is 2.51. The number of thiophene rings is 1. The Balaban J connectivity index is 1.54. The van der Waals surface area contributed by atoms with Crippen molar-refractivity contribution in [3.8, 4) is 0 Å². The van der Waals surface area contributed by atoms with Crippen molar-refractivity contribution in [2.75, 3.05) is 19.7 Å². The molecule has 0 spiro atoms. The van der Waals surface area contributed by atoms with Crippen molar-refractivity contribution in [3.05, 3.63) is 56.2 Å². The van der Waals surface area contributed by atoms with Crippen LogP contribution in [-0.2, 0) is 14.9 Å². The second-order valence-corrected chi connectivity index (χ2v) is 8.19. The number of halogens is 2. The Hall–Kier alpha value is -1.07. The Bertz CT molecular complexity index is 738. The lowest BCUT2D eigenvalue weighted by molar-refractivity contribution is -0.141. The van der Waals surface area contributed by atoms with Gasteiger partial charge in [0.2, 0.25) is 5.91 Å². The highest BCUT2D eigenvalue weighted by Gasteiger charge is 2.54. The summed E-state index contributed by atoms with van der Waals surface area (Å²) in [4.78, 5) is 16.2. The van der Waals surface area contributed by atoms with E-state index in [9.17, 15) is 4.79 Å². The van der Waals surface area contributed by atoms with Gasteiger partial charge in [-0.15, -0.1) is 11.3 Å². The molecule has 4 rings (SSSR count). The summed E-state index contributed by atoms with van der Waals surface area (Å²) in [6.07, 6.45) is 1.70. The van der Waals surface area contributed by atoms with Gasteiger partial charge in [0.1, 0.15) is 6.10 Å². The van der Waals surface area contributed by atoms with Gasteiger partial charge in [-0.1, -0.05) is 29.3 Å². The standard InChI is InChI=1S/C18H17Cl2NO2S/c19-13-8-12(9-14(20)10-13)15-11-21(5-6-23-15)17(22)18(3-4-18)16-2-1-7-24-16/h1-2,7-10,15H,3-6,11H2. The number of morpholine rings is 1. The molecule has 1 atom stereocenters. The average Bonchev–Trinajstić information content (AvgIpc) is 3.19. The Morgan fingerprint density at radius 1 is 1.25 bits per heavy atom. The first-order valence-corrected chi connectivity index (χ1v) is 9.63. The lowest BCUT2D eigenvalue weighted by Gasteiger charge is -2.35. The second kappa shape index (κ2) is 6.34. The number of carbonyl (C=O) groups is 1. The van der Waals surface area contributed by atoms with Crippen molar-refractivity contribution in [2.24, 2.45) is 0 Å². The van der Waals surface area contributed by atoms with Crippen LogP contribution in [0.5, 0.6) is 0 Å². The lowest BCUT2D eigenvalue weighted by atomic mass is 10.0. The molecule has 1 amide bonds. The number of benzene rings is 1. The third kappa shape index (κ3) is 2.97.